The van der Waals surface area contributed by atoms with Gasteiger partial charge in [-0.25, -0.2) is 4.99 Å². The number of rotatable bonds is 2. The van der Waals surface area contributed by atoms with Gasteiger partial charge in [0.2, 0.25) is 0 Å². The molecule has 1 unspecified atom stereocenters. The molecule has 0 bridgehead atoms. The van der Waals surface area contributed by atoms with Crippen molar-refractivity contribution in [2.45, 2.75) is 5.66 Å². The van der Waals surface area contributed by atoms with Crippen molar-refractivity contribution in [3.8, 4) is 5.75 Å². The maximum absolute atomic E-state index is 6.16. The van der Waals surface area contributed by atoms with E-state index in [0.29, 0.717) is 5.84 Å². The van der Waals surface area contributed by atoms with E-state index in [2.05, 4.69) is 10.3 Å². The number of benzene rings is 1. The molecule has 84 valence electrons. The number of nitrogens with zero attached hydrogens (tertiary/aromatic N) is 1. The van der Waals surface area contributed by atoms with Crippen molar-refractivity contribution in [1.29, 1.82) is 0 Å². The van der Waals surface area contributed by atoms with Crippen molar-refractivity contribution in [1.82, 2.24) is 5.32 Å². The Bertz CT molecular complexity index is 438. The minimum atomic E-state index is -0.943. The Morgan fingerprint density at radius 2 is 2.00 bits per heavy atom. The van der Waals surface area contributed by atoms with Crippen molar-refractivity contribution in [3.05, 3.63) is 42.2 Å². The summed E-state index contributed by atoms with van der Waals surface area (Å²) in [5.41, 5.74) is 11.8. The van der Waals surface area contributed by atoms with Gasteiger partial charge in [-0.05, 0) is 17.7 Å². The van der Waals surface area contributed by atoms with Gasteiger partial charge in [0.15, 0.2) is 5.66 Å². The first kappa shape index (κ1) is 10.5. The molecule has 0 radical (unpaired) electrons. The third kappa shape index (κ3) is 1.61. The van der Waals surface area contributed by atoms with E-state index in [1.54, 1.807) is 19.5 Å². The highest BCUT2D eigenvalue weighted by molar-refractivity contribution is 5.91. The minimum absolute atomic E-state index is 0.333. The SMILES string of the molecule is COc1ccc(C2(N)NC=CN=C2N)cc1. The van der Waals surface area contributed by atoms with Gasteiger partial charge in [0.25, 0.3) is 0 Å². The smallest absolute Gasteiger partial charge is 0.171 e. The molecule has 1 aromatic carbocycles. The molecule has 5 heteroatoms. The summed E-state index contributed by atoms with van der Waals surface area (Å²) < 4.78 is 5.08. The summed E-state index contributed by atoms with van der Waals surface area (Å²) in [5, 5.41) is 3.00. The van der Waals surface area contributed by atoms with E-state index in [1.807, 2.05) is 24.3 Å². The van der Waals surface area contributed by atoms with Gasteiger partial charge in [-0.1, -0.05) is 12.1 Å². The Balaban J connectivity index is 2.36. The number of ether oxygens (including phenoxy) is 1. The average Bonchev–Trinajstić information content (AvgIpc) is 2.33. The molecule has 1 heterocycles. The quantitative estimate of drug-likeness (QED) is 0.663. The van der Waals surface area contributed by atoms with Gasteiger partial charge in [0, 0.05) is 12.4 Å². The second-order valence-corrected chi connectivity index (χ2v) is 3.51. The molecule has 0 spiro atoms. The molecule has 1 aromatic rings. The number of nitrogens with one attached hydrogen (secondary N) is 1. The minimum Gasteiger partial charge on any atom is -0.497 e. The number of amidine groups is 1. The largest absolute Gasteiger partial charge is 0.497 e. The highest BCUT2D eigenvalue weighted by Gasteiger charge is 2.32. The van der Waals surface area contributed by atoms with E-state index >= 15 is 0 Å². The fourth-order valence-corrected chi connectivity index (χ4v) is 1.55. The molecular weight excluding hydrogens is 204 g/mol. The zero-order chi connectivity index (χ0) is 11.6. The maximum atomic E-state index is 6.16. The van der Waals surface area contributed by atoms with Gasteiger partial charge >= 0.3 is 0 Å². The van der Waals surface area contributed by atoms with E-state index in [1.165, 1.54) is 0 Å². The monoisotopic (exact) mass is 218 g/mol. The molecule has 16 heavy (non-hydrogen) atoms. The second-order valence-electron chi connectivity index (χ2n) is 3.51. The first-order chi connectivity index (χ1) is 7.66. The molecule has 1 aliphatic heterocycles. The van der Waals surface area contributed by atoms with E-state index in [0.717, 1.165) is 11.3 Å². The molecule has 1 atom stereocenters. The third-order valence-electron chi connectivity index (χ3n) is 2.55. The Labute approximate surface area is 93.8 Å². The van der Waals surface area contributed by atoms with Gasteiger partial charge < -0.3 is 15.8 Å². The van der Waals surface area contributed by atoms with Crippen LogP contribution in [0.2, 0.25) is 0 Å². The fraction of sp³-hybridized carbons (Fsp3) is 0.182. The Morgan fingerprint density at radius 3 is 2.56 bits per heavy atom. The second kappa shape index (κ2) is 3.86. The molecular formula is C11H14N4O. The van der Waals surface area contributed by atoms with Crippen molar-refractivity contribution >= 4 is 5.84 Å². The van der Waals surface area contributed by atoms with Crippen LogP contribution in [0.4, 0.5) is 0 Å². The third-order valence-corrected chi connectivity index (χ3v) is 2.55. The summed E-state index contributed by atoms with van der Waals surface area (Å²) in [6.07, 6.45) is 3.24. The molecule has 1 aliphatic rings. The van der Waals surface area contributed by atoms with Crippen molar-refractivity contribution in [2.75, 3.05) is 7.11 Å². The number of hydrogen-bond donors (Lipinski definition) is 3. The van der Waals surface area contributed by atoms with Crippen molar-refractivity contribution < 1.29 is 4.74 Å². The lowest BCUT2D eigenvalue weighted by atomic mass is 9.98. The number of hydrogen-bond acceptors (Lipinski definition) is 5. The lowest BCUT2D eigenvalue weighted by Gasteiger charge is -2.31. The summed E-state index contributed by atoms with van der Waals surface area (Å²) in [7, 11) is 1.62. The van der Waals surface area contributed by atoms with Gasteiger partial charge in [-0.3, -0.25) is 5.73 Å². The van der Waals surface area contributed by atoms with E-state index in [-0.39, 0.29) is 0 Å². The molecule has 0 fully saturated rings. The van der Waals surface area contributed by atoms with Gasteiger partial charge in [-0.2, -0.15) is 0 Å². The number of methoxy groups -OCH3 is 1. The molecule has 0 saturated carbocycles. The van der Waals surface area contributed by atoms with Gasteiger partial charge in [0.1, 0.15) is 11.6 Å². The summed E-state index contributed by atoms with van der Waals surface area (Å²) in [6.45, 7) is 0. The van der Waals surface area contributed by atoms with E-state index in [4.69, 9.17) is 16.2 Å². The van der Waals surface area contributed by atoms with Crippen LogP contribution in [0.1, 0.15) is 5.56 Å². The first-order valence-corrected chi connectivity index (χ1v) is 4.86. The zero-order valence-corrected chi connectivity index (χ0v) is 8.97. The normalized spacial score (nSPS) is 23.5. The number of aliphatic imine (C=N–C) groups is 1. The standard InChI is InChI=1S/C11H14N4O/c1-16-9-4-2-8(3-5-9)11(13)10(12)14-6-7-15-11/h2-7,15H,13H2,1H3,(H2,12,14). The highest BCUT2D eigenvalue weighted by Crippen LogP contribution is 2.21. The summed E-state index contributed by atoms with van der Waals surface area (Å²) >= 11 is 0. The molecule has 2 rings (SSSR count). The average molecular weight is 218 g/mol. The van der Waals surface area contributed by atoms with Crippen LogP contribution in [-0.2, 0) is 5.66 Å². The molecule has 0 aromatic heterocycles. The highest BCUT2D eigenvalue weighted by atomic mass is 16.5. The van der Waals surface area contributed by atoms with E-state index in [9.17, 15) is 0 Å². The molecule has 0 amide bonds. The van der Waals surface area contributed by atoms with Crippen molar-refractivity contribution in [2.24, 2.45) is 16.5 Å². The van der Waals surface area contributed by atoms with Crippen LogP contribution in [0.3, 0.4) is 0 Å². The Hall–Kier alpha value is -2.01. The van der Waals surface area contributed by atoms with Crippen molar-refractivity contribution in [3.63, 3.8) is 0 Å². The molecule has 0 aliphatic carbocycles. The Kier molecular flexibility index (Phi) is 2.54. The zero-order valence-electron chi connectivity index (χ0n) is 8.97. The van der Waals surface area contributed by atoms with Gasteiger partial charge in [0.05, 0.1) is 7.11 Å². The summed E-state index contributed by atoms with van der Waals surface area (Å²) in [4.78, 5) is 4.00. The van der Waals surface area contributed by atoms with Crippen LogP contribution in [0.15, 0.2) is 41.7 Å². The van der Waals surface area contributed by atoms with E-state index < -0.39 is 5.66 Å². The Morgan fingerprint density at radius 1 is 1.31 bits per heavy atom. The van der Waals surface area contributed by atoms with Crippen LogP contribution in [-0.4, -0.2) is 12.9 Å². The van der Waals surface area contributed by atoms with Crippen LogP contribution in [0, 0.1) is 0 Å². The predicted octanol–water partition coefficient (Wildman–Crippen LogP) is 0.238. The molecule has 5 nitrogen and oxygen atoms in total. The molecule has 5 N–H and O–H groups in total. The van der Waals surface area contributed by atoms with Crippen LogP contribution >= 0.6 is 0 Å². The van der Waals surface area contributed by atoms with Crippen LogP contribution < -0.4 is 21.5 Å². The maximum Gasteiger partial charge on any atom is 0.171 e. The van der Waals surface area contributed by atoms with Gasteiger partial charge in [-0.15, -0.1) is 0 Å². The lowest BCUT2D eigenvalue weighted by molar-refractivity contribution is 0.414. The summed E-state index contributed by atoms with van der Waals surface area (Å²) in [6, 6.07) is 7.37. The predicted molar refractivity (Wildman–Crippen MR) is 62.8 cm³/mol. The first-order valence-electron chi connectivity index (χ1n) is 4.86. The number of nitrogens with two attached hydrogens (primary N) is 2. The summed E-state index contributed by atoms with van der Waals surface area (Å²) in [5.74, 6) is 1.11. The van der Waals surface area contributed by atoms with Crippen LogP contribution in [0.25, 0.3) is 0 Å². The lowest BCUT2D eigenvalue weighted by Crippen LogP contribution is -2.58. The topological polar surface area (TPSA) is 85.7 Å². The fourth-order valence-electron chi connectivity index (χ4n) is 1.55. The molecule has 0 saturated heterocycles. The van der Waals surface area contributed by atoms with Crippen LogP contribution in [0.5, 0.6) is 5.75 Å².